The normalized spacial score (nSPS) is 29.2. The summed E-state index contributed by atoms with van der Waals surface area (Å²) in [6.07, 6.45) is -21.5. The Kier molecular flexibility index (Phi) is 4.73. The van der Waals surface area contributed by atoms with E-state index >= 15 is 0 Å². The van der Waals surface area contributed by atoms with Gasteiger partial charge in [-0.3, -0.25) is 4.74 Å². The second-order valence-corrected chi connectivity index (χ2v) is 3.86. The molecule has 0 aliphatic carbocycles. The van der Waals surface area contributed by atoms with Gasteiger partial charge in [0.05, 0.1) is 6.61 Å². The van der Waals surface area contributed by atoms with Crippen molar-refractivity contribution in [3.8, 4) is 0 Å². The molecule has 0 aromatic rings. The van der Waals surface area contributed by atoms with Gasteiger partial charge in [0.25, 0.3) is 0 Å². The number of rotatable bonds is 4. The highest BCUT2D eigenvalue weighted by Gasteiger charge is 2.75. The Labute approximate surface area is 111 Å². The summed E-state index contributed by atoms with van der Waals surface area (Å²) in [5.41, 5.74) is 0. The van der Waals surface area contributed by atoms with Crippen molar-refractivity contribution in [1.82, 2.24) is 0 Å². The molecule has 4 nitrogen and oxygen atoms in total. The van der Waals surface area contributed by atoms with Crippen LogP contribution in [0.1, 0.15) is 6.92 Å². The van der Waals surface area contributed by atoms with E-state index in [2.05, 4.69) is 14.2 Å². The van der Waals surface area contributed by atoms with Crippen molar-refractivity contribution in [2.24, 2.45) is 0 Å². The summed E-state index contributed by atoms with van der Waals surface area (Å²) in [6.45, 7) is 0.719. The van der Waals surface area contributed by atoms with Crippen LogP contribution in [0.4, 0.5) is 35.1 Å². The lowest BCUT2D eigenvalue weighted by Crippen LogP contribution is -2.50. The molecule has 1 aliphatic rings. The van der Waals surface area contributed by atoms with E-state index in [0.29, 0.717) is 0 Å². The first-order valence-electron chi connectivity index (χ1n) is 5.32. The van der Waals surface area contributed by atoms with E-state index in [1.54, 1.807) is 0 Å². The third kappa shape index (κ3) is 3.54. The maximum absolute atomic E-state index is 13.5. The second-order valence-electron chi connectivity index (χ2n) is 3.86. The van der Waals surface area contributed by atoms with E-state index in [4.69, 9.17) is 0 Å². The van der Waals surface area contributed by atoms with Crippen LogP contribution < -0.4 is 0 Å². The van der Waals surface area contributed by atoms with Crippen LogP contribution in [-0.2, 0) is 19.0 Å². The summed E-state index contributed by atoms with van der Waals surface area (Å²) in [6, 6.07) is 0. The quantitative estimate of drug-likeness (QED) is 0.586. The molecule has 0 aromatic heterocycles. The predicted octanol–water partition coefficient (Wildman–Crippen LogP) is 2.42. The molecular weight excluding hydrogens is 324 g/mol. The molecular formula is C9H8F8O4. The Hall–Kier alpha value is -1.17. The van der Waals surface area contributed by atoms with Crippen molar-refractivity contribution in [2.45, 2.75) is 43.7 Å². The van der Waals surface area contributed by atoms with Crippen LogP contribution in [0, 0.1) is 0 Å². The van der Waals surface area contributed by atoms with Crippen molar-refractivity contribution in [2.75, 3.05) is 6.61 Å². The van der Waals surface area contributed by atoms with E-state index in [1.165, 1.54) is 6.92 Å². The van der Waals surface area contributed by atoms with E-state index in [1.807, 2.05) is 0 Å². The van der Waals surface area contributed by atoms with Gasteiger partial charge in [0.15, 0.2) is 6.10 Å². The molecule has 1 heterocycles. The van der Waals surface area contributed by atoms with Crippen LogP contribution in [-0.4, -0.2) is 49.3 Å². The first-order valence-corrected chi connectivity index (χ1v) is 5.32. The molecule has 3 atom stereocenters. The molecule has 3 unspecified atom stereocenters. The van der Waals surface area contributed by atoms with Crippen molar-refractivity contribution < 1.29 is 54.1 Å². The lowest BCUT2D eigenvalue weighted by atomic mass is 10.1. The van der Waals surface area contributed by atoms with Gasteiger partial charge in [-0.15, -0.1) is 13.2 Å². The van der Waals surface area contributed by atoms with Gasteiger partial charge in [-0.25, -0.2) is 9.18 Å². The Morgan fingerprint density at radius 2 is 1.81 bits per heavy atom. The average Bonchev–Trinajstić information content (AvgIpc) is 2.47. The van der Waals surface area contributed by atoms with Crippen LogP contribution in [0.3, 0.4) is 0 Å². The zero-order valence-electron chi connectivity index (χ0n) is 10.1. The van der Waals surface area contributed by atoms with Gasteiger partial charge >= 0.3 is 24.4 Å². The van der Waals surface area contributed by atoms with E-state index < -0.39 is 49.3 Å². The maximum Gasteiger partial charge on any atom is 0.523 e. The standard InChI is InChI=1S/C9H8F8O4/c1-2-19-6(18)3(10)4-5(21-9(15,16)17)7(11,12)8(13,14)20-4/h3-5H,2H2,1H3. The molecule has 12 heteroatoms. The Bertz CT molecular complexity index is 396. The molecule has 0 N–H and O–H groups in total. The number of carbonyl (C=O) groups is 1. The molecule has 0 spiro atoms. The van der Waals surface area contributed by atoms with E-state index in [0.717, 1.165) is 0 Å². The molecule has 124 valence electrons. The van der Waals surface area contributed by atoms with Crippen LogP contribution in [0.5, 0.6) is 0 Å². The van der Waals surface area contributed by atoms with Crippen molar-refractivity contribution in [3.05, 3.63) is 0 Å². The number of ether oxygens (including phenoxy) is 3. The van der Waals surface area contributed by atoms with Crippen LogP contribution in [0.15, 0.2) is 0 Å². The number of hydrogen-bond donors (Lipinski definition) is 0. The monoisotopic (exact) mass is 332 g/mol. The minimum absolute atomic E-state index is 0.455. The first-order chi connectivity index (χ1) is 9.33. The lowest BCUT2D eigenvalue weighted by Gasteiger charge is -2.24. The van der Waals surface area contributed by atoms with Crippen LogP contribution >= 0.6 is 0 Å². The zero-order chi connectivity index (χ0) is 16.6. The summed E-state index contributed by atoms with van der Waals surface area (Å²) < 4.78 is 112. The summed E-state index contributed by atoms with van der Waals surface area (Å²) in [4.78, 5) is 11.0. The van der Waals surface area contributed by atoms with Gasteiger partial charge in [0.2, 0.25) is 6.17 Å². The molecule has 0 amide bonds. The van der Waals surface area contributed by atoms with Crippen LogP contribution in [0.2, 0.25) is 0 Å². The highest BCUT2D eigenvalue weighted by molar-refractivity contribution is 5.75. The van der Waals surface area contributed by atoms with Gasteiger partial charge in [-0.1, -0.05) is 0 Å². The fraction of sp³-hybridized carbons (Fsp3) is 0.889. The fourth-order valence-corrected chi connectivity index (χ4v) is 1.54. The van der Waals surface area contributed by atoms with E-state index in [-0.39, 0.29) is 0 Å². The molecule has 1 rings (SSSR count). The highest BCUT2D eigenvalue weighted by Crippen LogP contribution is 2.50. The predicted molar refractivity (Wildman–Crippen MR) is 47.2 cm³/mol. The summed E-state index contributed by atoms with van der Waals surface area (Å²) >= 11 is 0. The van der Waals surface area contributed by atoms with Gasteiger partial charge in [0.1, 0.15) is 6.10 Å². The first kappa shape index (κ1) is 17.9. The summed E-state index contributed by atoms with van der Waals surface area (Å²) in [5.74, 6) is -7.42. The molecule has 21 heavy (non-hydrogen) atoms. The third-order valence-electron chi connectivity index (χ3n) is 2.39. The topological polar surface area (TPSA) is 44.8 Å². The lowest BCUT2D eigenvalue weighted by molar-refractivity contribution is -0.375. The summed E-state index contributed by atoms with van der Waals surface area (Å²) in [5, 5.41) is 0. The van der Waals surface area contributed by atoms with Gasteiger partial charge in [-0.05, 0) is 6.92 Å². The highest BCUT2D eigenvalue weighted by atomic mass is 19.4. The number of alkyl halides is 8. The molecule has 0 saturated carbocycles. The number of carbonyl (C=O) groups excluding carboxylic acids is 1. The minimum Gasteiger partial charge on any atom is -0.464 e. The minimum atomic E-state index is -5.77. The largest absolute Gasteiger partial charge is 0.523 e. The SMILES string of the molecule is CCOC(=O)C(F)C1OC(F)(F)C(F)(F)C1OC(F)(F)F. The molecule has 1 saturated heterocycles. The zero-order valence-corrected chi connectivity index (χ0v) is 10.1. The Morgan fingerprint density at radius 1 is 1.29 bits per heavy atom. The fourth-order valence-electron chi connectivity index (χ4n) is 1.54. The van der Waals surface area contributed by atoms with Gasteiger partial charge < -0.3 is 9.47 Å². The van der Waals surface area contributed by atoms with Crippen molar-refractivity contribution >= 4 is 5.97 Å². The Morgan fingerprint density at radius 3 is 2.24 bits per heavy atom. The Balaban J connectivity index is 3.08. The maximum atomic E-state index is 13.5. The molecule has 0 radical (unpaired) electrons. The third-order valence-corrected chi connectivity index (χ3v) is 2.39. The second kappa shape index (κ2) is 5.55. The number of hydrogen-bond acceptors (Lipinski definition) is 4. The van der Waals surface area contributed by atoms with E-state index in [9.17, 15) is 39.9 Å². The van der Waals surface area contributed by atoms with Crippen molar-refractivity contribution in [1.29, 1.82) is 0 Å². The molecule has 1 aliphatic heterocycles. The average molecular weight is 332 g/mol. The summed E-state index contributed by atoms with van der Waals surface area (Å²) in [7, 11) is 0. The number of esters is 1. The molecule has 0 aromatic carbocycles. The van der Waals surface area contributed by atoms with Gasteiger partial charge in [-0.2, -0.15) is 17.6 Å². The van der Waals surface area contributed by atoms with Gasteiger partial charge in [0, 0.05) is 0 Å². The smallest absolute Gasteiger partial charge is 0.464 e. The van der Waals surface area contributed by atoms with Crippen LogP contribution in [0.25, 0.3) is 0 Å². The number of halogens is 8. The van der Waals surface area contributed by atoms with Crippen molar-refractivity contribution in [3.63, 3.8) is 0 Å². The molecule has 1 fully saturated rings. The molecule has 0 bridgehead atoms.